The summed E-state index contributed by atoms with van der Waals surface area (Å²) in [7, 11) is 3.33. The minimum atomic E-state index is -0.505. The van der Waals surface area contributed by atoms with Gasteiger partial charge in [0.15, 0.2) is 0 Å². The molecule has 10 heteroatoms. The van der Waals surface area contributed by atoms with Crippen molar-refractivity contribution >= 4 is 34.6 Å². The van der Waals surface area contributed by atoms with Gasteiger partial charge in [-0.3, -0.25) is 19.4 Å². The summed E-state index contributed by atoms with van der Waals surface area (Å²) < 4.78 is 22.7. The Morgan fingerprint density at radius 3 is 1.81 bits per heavy atom. The molecule has 2 atom stereocenters. The molecule has 10 nitrogen and oxygen atoms in total. The summed E-state index contributed by atoms with van der Waals surface area (Å²) in [4.78, 5) is 35.8. The van der Waals surface area contributed by atoms with Gasteiger partial charge < -0.3 is 28.7 Å². The molecular formula is C54H56N4O6. The molecule has 0 aromatic heterocycles. The highest BCUT2D eigenvalue weighted by Gasteiger charge is 2.39. The lowest BCUT2D eigenvalue weighted by Gasteiger charge is -2.32. The number of fused-ring (bicyclic) bond motifs is 4. The minimum absolute atomic E-state index is 0.0383. The minimum Gasteiger partial charge on any atom is -0.497 e. The average Bonchev–Trinajstić information content (AvgIpc) is 3.96. The quantitative estimate of drug-likeness (QED) is 0.135. The first kappa shape index (κ1) is 42.5. The van der Waals surface area contributed by atoms with Crippen LogP contribution in [0.1, 0.15) is 47.9 Å². The van der Waals surface area contributed by atoms with Crippen molar-refractivity contribution in [2.45, 2.75) is 63.8 Å². The summed E-state index contributed by atoms with van der Waals surface area (Å²) in [6.45, 7) is 4.84. The van der Waals surface area contributed by atoms with Crippen LogP contribution >= 0.6 is 0 Å². The van der Waals surface area contributed by atoms with Gasteiger partial charge >= 0.3 is 0 Å². The summed E-state index contributed by atoms with van der Waals surface area (Å²) in [5, 5.41) is 0. The van der Waals surface area contributed by atoms with Crippen molar-refractivity contribution in [1.29, 1.82) is 0 Å². The second kappa shape index (κ2) is 19.7. The van der Waals surface area contributed by atoms with Crippen LogP contribution in [0.15, 0.2) is 146 Å². The van der Waals surface area contributed by atoms with Crippen LogP contribution in [-0.4, -0.2) is 74.1 Å². The molecule has 4 heterocycles. The molecule has 2 saturated heterocycles. The van der Waals surface area contributed by atoms with E-state index in [0.29, 0.717) is 43.7 Å². The van der Waals surface area contributed by atoms with Crippen LogP contribution in [0.5, 0.6) is 23.0 Å². The number of anilines is 4. The van der Waals surface area contributed by atoms with E-state index in [-0.39, 0.29) is 18.2 Å². The van der Waals surface area contributed by atoms with Gasteiger partial charge in [-0.1, -0.05) is 84.9 Å². The van der Waals surface area contributed by atoms with E-state index >= 15 is 0 Å². The summed E-state index contributed by atoms with van der Waals surface area (Å²) in [5.41, 5.74) is 8.42. The van der Waals surface area contributed by atoms with Gasteiger partial charge in [0.25, 0.3) is 5.91 Å². The first-order valence-corrected chi connectivity index (χ1v) is 22.5. The normalized spacial score (nSPS) is 17.5. The Morgan fingerprint density at radius 1 is 0.594 bits per heavy atom. The second-order valence-corrected chi connectivity index (χ2v) is 16.8. The van der Waals surface area contributed by atoms with Crippen LogP contribution < -0.4 is 28.7 Å². The van der Waals surface area contributed by atoms with Gasteiger partial charge in [0, 0.05) is 42.5 Å². The van der Waals surface area contributed by atoms with Crippen molar-refractivity contribution in [2.75, 3.05) is 50.2 Å². The number of rotatable bonds is 10. The fraction of sp³-hybridized carbons (Fsp3) is 0.296. The van der Waals surface area contributed by atoms with Crippen LogP contribution in [-0.2, 0) is 35.6 Å². The van der Waals surface area contributed by atoms with Crippen LogP contribution in [0.2, 0.25) is 0 Å². The van der Waals surface area contributed by atoms with Gasteiger partial charge in [-0.05, 0) is 110 Å². The lowest BCUT2D eigenvalue weighted by Crippen LogP contribution is -2.47. The molecule has 4 aliphatic rings. The maximum absolute atomic E-state index is 14.0. The molecule has 2 amide bonds. The van der Waals surface area contributed by atoms with E-state index in [1.807, 2.05) is 72.8 Å². The predicted octanol–water partition coefficient (Wildman–Crippen LogP) is 9.92. The van der Waals surface area contributed by atoms with Crippen molar-refractivity contribution in [3.63, 3.8) is 0 Å². The van der Waals surface area contributed by atoms with E-state index in [1.54, 1.807) is 24.0 Å². The Morgan fingerprint density at radius 2 is 1.14 bits per heavy atom. The molecule has 6 aromatic carbocycles. The fourth-order valence-electron chi connectivity index (χ4n) is 9.48. The predicted molar refractivity (Wildman–Crippen MR) is 251 cm³/mol. The number of para-hydroxylation sites is 6. The van der Waals surface area contributed by atoms with E-state index in [9.17, 15) is 9.59 Å². The molecule has 0 bridgehead atoms. The summed E-state index contributed by atoms with van der Waals surface area (Å²) in [6, 6.07) is 48.5. The molecule has 2 fully saturated rings. The van der Waals surface area contributed by atoms with Crippen molar-refractivity contribution in [3.05, 3.63) is 168 Å². The van der Waals surface area contributed by atoms with Crippen LogP contribution in [0.25, 0.3) is 0 Å². The van der Waals surface area contributed by atoms with E-state index < -0.39 is 6.04 Å². The lowest BCUT2D eigenvalue weighted by atomic mass is 10.1. The maximum atomic E-state index is 14.0. The Kier molecular flexibility index (Phi) is 13.1. The zero-order chi connectivity index (χ0) is 43.8. The molecule has 10 rings (SSSR count). The molecule has 0 aliphatic carbocycles. The number of carbonyl (C=O) groups is 2. The largest absolute Gasteiger partial charge is 0.497 e. The number of amides is 2. The average molecular weight is 857 g/mol. The maximum Gasteiger partial charge on any atom is 0.254 e. The smallest absolute Gasteiger partial charge is 0.254 e. The number of likely N-dealkylation sites (tertiary alicyclic amines) is 2. The molecular weight excluding hydrogens is 801 g/mol. The van der Waals surface area contributed by atoms with Gasteiger partial charge in [0.05, 0.1) is 37.7 Å². The van der Waals surface area contributed by atoms with E-state index in [2.05, 4.69) is 82.6 Å². The number of nitrogens with zero attached hydrogens (tertiary/aromatic N) is 4. The first-order chi connectivity index (χ1) is 31.5. The number of methoxy groups -OCH3 is 2. The van der Waals surface area contributed by atoms with Gasteiger partial charge in [-0.2, -0.15) is 0 Å². The SMILES string of the molecule is COc1ccc(CC(=O)N2CCC[C@@H]2C(=O)N2c3ccccc3COc3ccccc32)cc1.COc1ccc(CCN2CCC[C@@H]2CN2c3ccccc3COc3ccccc32)cc1. The van der Waals surface area contributed by atoms with Crippen LogP contribution in [0, 0.1) is 0 Å². The van der Waals surface area contributed by atoms with Gasteiger partial charge in [0.2, 0.25) is 5.91 Å². The molecule has 0 N–H and O–H groups in total. The highest BCUT2D eigenvalue weighted by molar-refractivity contribution is 6.07. The van der Waals surface area contributed by atoms with Gasteiger partial charge in [-0.15, -0.1) is 0 Å². The highest BCUT2D eigenvalue weighted by atomic mass is 16.5. The third kappa shape index (κ3) is 9.29. The Hall–Kier alpha value is -6.78. The molecule has 0 saturated carbocycles. The second-order valence-electron chi connectivity index (χ2n) is 16.8. The van der Waals surface area contributed by atoms with Crippen molar-refractivity contribution in [1.82, 2.24) is 9.80 Å². The summed E-state index contributed by atoms with van der Waals surface area (Å²) in [6.07, 6.45) is 5.28. The fourth-order valence-corrected chi connectivity index (χ4v) is 9.48. The van der Waals surface area contributed by atoms with Crippen molar-refractivity contribution in [3.8, 4) is 23.0 Å². The molecule has 64 heavy (non-hydrogen) atoms. The third-order valence-corrected chi connectivity index (χ3v) is 12.9. The number of hydrogen-bond donors (Lipinski definition) is 0. The van der Waals surface area contributed by atoms with Crippen LogP contribution in [0.3, 0.4) is 0 Å². The zero-order valence-corrected chi connectivity index (χ0v) is 36.7. The van der Waals surface area contributed by atoms with Crippen molar-refractivity contribution in [2.24, 2.45) is 0 Å². The molecule has 0 unspecified atom stereocenters. The number of benzene rings is 6. The number of ether oxygens (including phenoxy) is 4. The Balaban J connectivity index is 0.000000162. The van der Waals surface area contributed by atoms with Gasteiger partial charge in [-0.25, -0.2) is 0 Å². The third-order valence-electron chi connectivity index (χ3n) is 12.9. The molecule has 6 aromatic rings. The molecule has 4 aliphatic heterocycles. The topological polar surface area (TPSA) is 84.0 Å². The lowest BCUT2D eigenvalue weighted by molar-refractivity contribution is -0.136. The van der Waals surface area contributed by atoms with Gasteiger partial charge in [0.1, 0.15) is 42.3 Å². The highest BCUT2D eigenvalue weighted by Crippen LogP contribution is 2.42. The summed E-state index contributed by atoms with van der Waals surface area (Å²) >= 11 is 0. The first-order valence-electron chi connectivity index (χ1n) is 22.5. The molecule has 328 valence electrons. The standard InChI is InChI=1S/C27H26N2O4.C27H30N2O2/c1-32-21-14-12-19(13-15-21)17-26(30)28-16-6-10-24(28)27(31)29-22-8-3-2-7-20(22)18-33-25-11-5-4-9-23(25)29;1-30-24-14-12-21(13-15-24)16-18-28-17-6-8-23(28)19-29-25-9-3-2-7-22(25)20-31-27-11-5-4-10-26(27)29/h2-5,7-9,11-15,24H,6,10,16-18H2,1H3;2-5,7,9-15,23H,6,8,16-20H2,1H3/t24-;23-/m11/s1. The monoisotopic (exact) mass is 856 g/mol. The Labute approximate surface area is 376 Å². The molecule has 0 spiro atoms. The van der Waals surface area contributed by atoms with E-state index in [4.69, 9.17) is 18.9 Å². The molecule has 0 radical (unpaired) electrons. The Bertz CT molecular complexity index is 2450. The van der Waals surface area contributed by atoms with Crippen LogP contribution in [0.4, 0.5) is 22.7 Å². The van der Waals surface area contributed by atoms with E-state index in [0.717, 1.165) is 60.0 Å². The van der Waals surface area contributed by atoms with Crippen molar-refractivity contribution < 1.29 is 28.5 Å². The zero-order valence-electron chi connectivity index (χ0n) is 36.7. The number of hydrogen-bond acceptors (Lipinski definition) is 8. The summed E-state index contributed by atoms with van der Waals surface area (Å²) in [5.74, 6) is 3.17. The number of carbonyl (C=O) groups excluding carboxylic acids is 2. The van der Waals surface area contributed by atoms with E-state index in [1.165, 1.54) is 41.9 Å².